The first kappa shape index (κ1) is 47.8. The van der Waals surface area contributed by atoms with Gasteiger partial charge in [-0.25, -0.2) is 4.79 Å². The molecule has 0 bridgehead atoms. The van der Waals surface area contributed by atoms with E-state index in [9.17, 15) is 52.7 Å². The normalized spacial score (nSPS) is 28.5. The van der Waals surface area contributed by atoms with Crippen LogP contribution >= 0.6 is 11.8 Å². The highest BCUT2D eigenvalue weighted by atomic mass is 32.2. The first-order valence-electron chi connectivity index (χ1n) is 21.6. The lowest BCUT2D eigenvalue weighted by Gasteiger charge is -2.29. The Balaban J connectivity index is 0.000000178. The molecule has 10 amide bonds. The van der Waals surface area contributed by atoms with Gasteiger partial charge in [-0.2, -0.15) is 11.8 Å². The number of hydroxylamine groups is 2. The number of imide groups is 4. The molecule has 4 aliphatic heterocycles. The van der Waals surface area contributed by atoms with Crippen molar-refractivity contribution < 1.29 is 57.6 Å². The average Bonchev–Trinajstić information content (AvgIpc) is 3.98. The SMILES string of the molecule is CNC(=O)C1CCC(CN2C(=O)C=CC2=O)CC1.CNC(=O)C1CCC(CN2C(=O)CC(SC)C2=O)CC1.O=C(ON1C(=O)CCC1=O)C1CCC(CN2C(=O)C=CC2=O)CC1. The van der Waals surface area contributed by atoms with Crippen molar-refractivity contribution in [3.05, 3.63) is 24.3 Å². The van der Waals surface area contributed by atoms with Crippen LogP contribution < -0.4 is 10.6 Å². The molecule has 18 nitrogen and oxygen atoms in total. The lowest BCUT2D eigenvalue weighted by molar-refractivity contribution is -0.201. The molecule has 338 valence electrons. The second kappa shape index (κ2) is 22.2. The summed E-state index contributed by atoms with van der Waals surface area (Å²) in [7, 11) is 3.32. The predicted molar refractivity (Wildman–Crippen MR) is 222 cm³/mol. The highest BCUT2D eigenvalue weighted by Crippen LogP contribution is 2.34. The molecule has 7 aliphatic rings. The molecule has 19 heteroatoms. The summed E-state index contributed by atoms with van der Waals surface area (Å²) >= 11 is 1.45. The van der Waals surface area contributed by atoms with Crippen LogP contribution in [0.5, 0.6) is 0 Å². The molecular formula is C43H58N6O12S. The Labute approximate surface area is 365 Å². The van der Waals surface area contributed by atoms with Gasteiger partial charge < -0.3 is 15.5 Å². The van der Waals surface area contributed by atoms with Crippen LogP contribution in [0.15, 0.2) is 24.3 Å². The minimum Gasteiger partial charge on any atom is -0.359 e. The van der Waals surface area contributed by atoms with Gasteiger partial charge in [0, 0.05) is 89.1 Å². The Kier molecular flexibility index (Phi) is 17.2. The fraction of sp³-hybridized carbons (Fsp3) is 0.651. The molecule has 0 aromatic carbocycles. The highest BCUT2D eigenvalue weighted by Gasteiger charge is 2.40. The van der Waals surface area contributed by atoms with E-state index < -0.39 is 17.8 Å². The van der Waals surface area contributed by atoms with Crippen LogP contribution in [0.2, 0.25) is 0 Å². The Morgan fingerprint density at radius 3 is 1.24 bits per heavy atom. The van der Waals surface area contributed by atoms with E-state index in [-0.39, 0.29) is 89.0 Å². The second-order valence-corrected chi connectivity index (χ2v) is 17.9. The van der Waals surface area contributed by atoms with E-state index in [2.05, 4.69) is 10.6 Å². The van der Waals surface area contributed by atoms with Crippen molar-refractivity contribution in [2.45, 2.75) is 102 Å². The Morgan fingerprint density at radius 2 is 0.903 bits per heavy atom. The minimum absolute atomic E-state index is 0.0316. The van der Waals surface area contributed by atoms with Gasteiger partial charge in [0.05, 0.1) is 11.2 Å². The van der Waals surface area contributed by atoms with Gasteiger partial charge in [-0.3, -0.25) is 62.6 Å². The molecule has 3 saturated carbocycles. The summed E-state index contributed by atoms with van der Waals surface area (Å²) in [6.45, 7) is 1.38. The van der Waals surface area contributed by atoms with Gasteiger partial charge in [0.25, 0.3) is 35.4 Å². The number of hydrogen-bond acceptors (Lipinski definition) is 13. The number of carbonyl (C=O) groups excluding carboxylic acids is 11. The van der Waals surface area contributed by atoms with E-state index in [1.807, 2.05) is 6.26 Å². The maximum atomic E-state index is 12.1. The fourth-order valence-electron chi connectivity index (χ4n) is 9.05. The molecule has 1 unspecified atom stereocenters. The Bertz CT molecular complexity index is 1790. The first-order chi connectivity index (χ1) is 29.6. The average molecular weight is 883 g/mol. The molecule has 0 aromatic heterocycles. The quantitative estimate of drug-likeness (QED) is 0.282. The van der Waals surface area contributed by atoms with E-state index >= 15 is 0 Å². The third kappa shape index (κ3) is 12.2. The first-order valence-corrected chi connectivity index (χ1v) is 22.9. The topological polar surface area (TPSA) is 234 Å². The van der Waals surface area contributed by atoms with Gasteiger partial charge in [0.1, 0.15) is 0 Å². The molecule has 1 atom stereocenters. The molecule has 2 N–H and O–H groups in total. The van der Waals surface area contributed by atoms with Gasteiger partial charge in [0.2, 0.25) is 23.6 Å². The van der Waals surface area contributed by atoms with Gasteiger partial charge in [-0.15, -0.1) is 5.06 Å². The number of rotatable bonds is 11. The molecule has 5 fully saturated rings. The van der Waals surface area contributed by atoms with E-state index in [1.165, 1.54) is 50.8 Å². The third-order valence-electron chi connectivity index (χ3n) is 12.9. The number of amides is 10. The van der Waals surface area contributed by atoms with Crippen molar-refractivity contribution in [2.75, 3.05) is 40.0 Å². The van der Waals surface area contributed by atoms with Crippen LogP contribution in [0.4, 0.5) is 0 Å². The van der Waals surface area contributed by atoms with E-state index in [1.54, 1.807) is 14.1 Å². The van der Waals surface area contributed by atoms with Crippen molar-refractivity contribution in [1.29, 1.82) is 0 Å². The van der Waals surface area contributed by atoms with Gasteiger partial charge in [0.15, 0.2) is 0 Å². The number of thioether (sulfide) groups is 1. The summed E-state index contributed by atoms with van der Waals surface area (Å²) in [5.74, 6) is -1.77. The largest absolute Gasteiger partial charge is 0.359 e. The third-order valence-corrected chi connectivity index (χ3v) is 13.8. The van der Waals surface area contributed by atoms with Crippen molar-refractivity contribution in [3.63, 3.8) is 0 Å². The van der Waals surface area contributed by atoms with Crippen molar-refractivity contribution in [3.8, 4) is 0 Å². The number of nitrogens with one attached hydrogen (secondary N) is 2. The Morgan fingerprint density at radius 1 is 0.548 bits per heavy atom. The molecule has 0 aromatic rings. The summed E-state index contributed by atoms with van der Waals surface area (Å²) in [5, 5.41) is 5.74. The van der Waals surface area contributed by atoms with Crippen LogP contribution in [-0.4, -0.2) is 130 Å². The zero-order valence-electron chi connectivity index (χ0n) is 35.7. The summed E-state index contributed by atoms with van der Waals surface area (Å²) in [5.41, 5.74) is 0. The number of nitrogens with zero attached hydrogens (tertiary/aromatic N) is 4. The van der Waals surface area contributed by atoms with Crippen LogP contribution in [0.1, 0.15) is 96.3 Å². The van der Waals surface area contributed by atoms with Crippen LogP contribution in [0, 0.1) is 35.5 Å². The monoisotopic (exact) mass is 882 g/mol. The number of hydrogen-bond donors (Lipinski definition) is 2. The number of likely N-dealkylation sites (tertiary alicyclic amines) is 1. The fourth-order valence-corrected chi connectivity index (χ4v) is 9.69. The zero-order valence-corrected chi connectivity index (χ0v) is 36.5. The van der Waals surface area contributed by atoms with E-state index in [0.717, 1.165) is 51.4 Å². The predicted octanol–water partition coefficient (Wildman–Crippen LogP) is 1.82. The van der Waals surface area contributed by atoms with Crippen molar-refractivity contribution in [1.82, 2.24) is 30.4 Å². The molecule has 3 aliphatic carbocycles. The highest BCUT2D eigenvalue weighted by molar-refractivity contribution is 8.00. The summed E-state index contributed by atoms with van der Waals surface area (Å²) in [6, 6.07) is 0. The molecule has 2 saturated heterocycles. The summed E-state index contributed by atoms with van der Waals surface area (Å²) in [4.78, 5) is 137. The van der Waals surface area contributed by atoms with E-state index in [0.29, 0.717) is 68.6 Å². The maximum Gasteiger partial charge on any atom is 0.336 e. The smallest absolute Gasteiger partial charge is 0.336 e. The molecule has 62 heavy (non-hydrogen) atoms. The zero-order chi connectivity index (χ0) is 45.1. The van der Waals surface area contributed by atoms with Crippen LogP contribution in [0.3, 0.4) is 0 Å². The van der Waals surface area contributed by atoms with Gasteiger partial charge in [-0.1, -0.05) is 0 Å². The van der Waals surface area contributed by atoms with Crippen molar-refractivity contribution in [2.24, 2.45) is 35.5 Å². The Hall–Kier alpha value is -5.20. The lowest BCUT2D eigenvalue weighted by atomic mass is 9.81. The summed E-state index contributed by atoms with van der Waals surface area (Å²) in [6.07, 6.45) is 17.0. The standard InChI is InChI=1S/C16H18N2O6.C14H22N2O3S.C13H18N2O3/c19-12-5-6-13(20)17(12)9-10-1-3-11(4-2-10)16(23)24-18-14(21)7-8-15(18)22;1-15-13(18)10-5-3-9(4-6-10)8-16-12(17)7-11(20-2)14(16)19;1-14-13(18)10-4-2-9(3-5-10)8-15-11(16)6-7-12(15)17/h5-6,10-11H,1-4,7-9H2;9-11H,3-8H2,1-2H3,(H,15,18);6-7,9-10H,2-5,8H2,1H3,(H,14,18). The molecule has 4 heterocycles. The second-order valence-electron chi connectivity index (χ2n) is 16.9. The van der Waals surface area contributed by atoms with Gasteiger partial charge >= 0.3 is 5.97 Å². The summed E-state index contributed by atoms with van der Waals surface area (Å²) < 4.78 is 0. The molecule has 7 rings (SSSR count). The van der Waals surface area contributed by atoms with E-state index in [4.69, 9.17) is 4.84 Å². The molecule has 0 radical (unpaired) electrons. The van der Waals surface area contributed by atoms with Crippen LogP contribution in [0.25, 0.3) is 0 Å². The molecule has 0 spiro atoms. The lowest BCUT2D eigenvalue weighted by Crippen LogP contribution is -2.38. The van der Waals surface area contributed by atoms with Crippen LogP contribution in [-0.2, 0) is 57.6 Å². The van der Waals surface area contributed by atoms with Crippen molar-refractivity contribution >= 4 is 76.8 Å². The molecular weight excluding hydrogens is 825 g/mol. The number of carbonyl (C=O) groups is 11. The maximum absolute atomic E-state index is 12.1. The minimum atomic E-state index is -0.563. The van der Waals surface area contributed by atoms with Gasteiger partial charge in [-0.05, 0) is 101 Å².